The zero-order valence-corrected chi connectivity index (χ0v) is 12.2. The summed E-state index contributed by atoms with van der Waals surface area (Å²) >= 11 is 0. The van der Waals surface area contributed by atoms with Crippen LogP contribution >= 0.6 is 0 Å². The van der Waals surface area contributed by atoms with E-state index >= 15 is 0 Å². The summed E-state index contributed by atoms with van der Waals surface area (Å²) in [5.74, 6) is 0.365. The van der Waals surface area contributed by atoms with E-state index in [4.69, 9.17) is 4.74 Å². The number of rotatable bonds is 3. The molecule has 2 aromatic carbocycles. The Balaban J connectivity index is 2.22. The molecule has 0 bridgehead atoms. The third-order valence-corrected chi connectivity index (χ3v) is 3.84. The van der Waals surface area contributed by atoms with Gasteiger partial charge in [-0.05, 0) is 29.3 Å². The van der Waals surface area contributed by atoms with Gasteiger partial charge in [-0.2, -0.15) is 0 Å². The van der Waals surface area contributed by atoms with Crippen molar-refractivity contribution >= 4 is 11.6 Å². The van der Waals surface area contributed by atoms with E-state index in [0.29, 0.717) is 29.0 Å². The third-order valence-electron chi connectivity index (χ3n) is 3.84. The summed E-state index contributed by atoms with van der Waals surface area (Å²) in [6.45, 7) is 0.452. The number of carbonyl (C=O) groups is 1. The summed E-state index contributed by atoms with van der Waals surface area (Å²) in [7, 11) is 3.18. The number of carbonyl (C=O) groups excluding carboxylic acids is 1. The minimum Gasteiger partial charge on any atom is -0.497 e. The number of amides is 1. The molecule has 1 amide bonds. The molecule has 0 N–H and O–H groups in total. The van der Waals surface area contributed by atoms with Crippen LogP contribution in [-0.4, -0.2) is 29.9 Å². The van der Waals surface area contributed by atoms with Crippen LogP contribution in [0.5, 0.6) is 5.75 Å². The van der Waals surface area contributed by atoms with Crippen LogP contribution in [0.3, 0.4) is 0 Å². The first-order chi connectivity index (χ1) is 10.5. The number of methoxy groups -OCH3 is 1. The van der Waals surface area contributed by atoms with E-state index in [-0.39, 0.29) is 11.6 Å². The van der Waals surface area contributed by atoms with Crippen molar-refractivity contribution < 1.29 is 14.5 Å². The van der Waals surface area contributed by atoms with Gasteiger partial charge in [0.25, 0.3) is 11.6 Å². The topological polar surface area (TPSA) is 72.7 Å². The van der Waals surface area contributed by atoms with Crippen molar-refractivity contribution in [1.29, 1.82) is 0 Å². The molecule has 0 saturated carbocycles. The average molecular weight is 298 g/mol. The Morgan fingerprint density at radius 3 is 2.59 bits per heavy atom. The van der Waals surface area contributed by atoms with Crippen LogP contribution in [0.15, 0.2) is 36.4 Å². The number of benzene rings is 2. The lowest BCUT2D eigenvalue weighted by Crippen LogP contribution is -2.17. The van der Waals surface area contributed by atoms with Gasteiger partial charge in [0, 0.05) is 19.2 Å². The zero-order chi connectivity index (χ0) is 15.9. The number of nitro groups is 1. The summed E-state index contributed by atoms with van der Waals surface area (Å²) < 4.78 is 5.06. The second-order valence-electron chi connectivity index (χ2n) is 5.13. The molecule has 6 heteroatoms. The molecule has 112 valence electrons. The van der Waals surface area contributed by atoms with E-state index in [1.165, 1.54) is 13.2 Å². The summed E-state index contributed by atoms with van der Waals surface area (Å²) in [5.41, 5.74) is 2.60. The highest BCUT2D eigenvalue weighted by Crippen LogP contribution is 2.38. The molecule has 3 rings (SSSR count). The average Bonchev–Trinajstić information content (AvgIpc) is 2.82. The first kappa shape index (κ1) is 14.1. The van der Waals surface area contributed by atoms with Gasteiger partial charge in [-0.1, -0.05) is 12.1 Å². The van der Waals surface area contributed by atoms with Crippen LogP contribution < -0.4 is 4.74 Å². The smallest absolute Gasteiger partial charge is 0.280 e. The predicted molar refractivity (Wildman–Crippen MR) is 80.9 cm³/mol. The maximum Gasteiger partial charge on any atom is 0.280 e. The van der Waals surface area contributed by atoms with E-state index in [0.717, 1.165) is 5.56 Å². The highest BCUT2D eigenvalue weighted by atomic mass is 16.6. The molecular formula is C16H14N2O4. The Bertz CT molecular complexity index is 786. The minimum atomic E-state index is -0.433. The quantitative estimate of drug-likeness (QED) is 0.645. The van der Waals surface area contributed by atoms with E-state index in [1.54, 1.807) is 42.3 Å². The number of nitro benzene ring substituents is 1. The van der Waals surface area contributed by atoms with Gasteiger partial charge in [-0.15, -0.1) is 0 Å². The van der Waals surface area contributed by atoms with E-state index in [1.807, 2.05) is 0 Å². The largest absolute Gasteiger partial charge is 0.497 e. The van der Waals surface area contributed by atoms with Crippen molar-refractivity contribution in [3.8, 4) is 16.9 Å². The molecule has 1 aliphatic rings. The number of fused-ring (bicyclic) bond motifs is 1. The molecule has 0 atom stereocenters. The lowest BCUT2D eigenvalue weighted by Gasteiger charge is -2.10. The fourth-order valence-corrected chi connectivity index (χ4v) is 2.74. The molecule has 22 heavy (non-hydrogen) atoms. The van der Waals surface area contributed by atoms with Crippen LogP contribution in [0.2, 0.25) is 0 Å². The first-order valence-electron chi connectivity index (χ1n) is 6.73. The van der Waals surface area contributed by atoms with Crippen molar-refractivity contribution in [2.75, 3.05) is 14.2 Å². The second-order valence-corrected chi connectivity index (χ2v) is 5.13. The summed E-state index contributed by atoms with van der Waals surface area (Å²) in [4.78, 5) is 24.6. The van der Waals surface area contributed by atoms with Gasteiger partial charge >= 0.3 is 0 Å². The molecule has 1 aliphatic heterocycles. The van der Waals surface area contributed by atoms with Gasteiger partial charge in [0.1, 0.15) is 5.75 Å². The molecule has 0 radical (unpaired) electrons. The Kier molecular flexibility index (Phi) is 3.29. The highest BCUT2D eigenvalue weighted by molar-refractivity contribution is 6.00. The molecule has 0 aromatic heterocycles. The zero-order valence-electron chi connectivity index (χ0n) is 12.2. The second kappa shape index (κ2) is 5.14. The predicted octanol–water partition coefficient (Wildman–Crippen LogP) is 2.86. The van der Waals surface area contributed by atoms with Crippen molar-refractivity contribution in [3.63, 3.8) is 0 Å². The number of nitrogens with zero attached hydrogens (tertiary/aromatic N) is 2. The van der Waals surface area contributed by atoms with Crippen LogP contribution in [0.1, 0.15) is 15.9 Å². The van der Waals surface area contributed by atoms with Crippen molar-refractivity contribution in [2.24, 2.45) is 0 Å². The fraction of sp³-hybridized carbons (Fsp3) is 0.188. The molecule has 0 saturated heterocycles. The molecule has 0 aliphatic carbocycles. The van der Waals surface area contributed by atoms with Gasteiger partial charge in [-0.25, -0.2) is 0 Å². The SMILES string of the molecule is COc1ccc(-c2cccc3c2CN(C)C3=O)c([N+](=O)[O-])c1. The van der Waals surface area contributed by atoms with Gasteiger partial charge in [0.05, 0.1) is 23.7 Å². The number of hydrogen-bond donors (Lipinski definition) is 0. The number of hydrogen-bond acceptors (Lipinski definition) is 4. The Morgan fingerprint density at radius 1 is 1.18 bits per heavy atom. The Hall–Kier alpha value is -2.89. The van der Waals surface area contributed by atoms with Gasteiger partial charge < -0.3 is 9.64 Å². The molecule has 0 unspecified atom stereocenters. The fourth-order valence-electron chi connectivity index (χ4n) is 2.74. The van der Waals surface area contributed by atoms with Gasteiger partial charge in [-0.3, -0.25) is 14.9 Å². The molecule has 1 heterocycles. The van der Waals surface area contributed by atoms with Crippen molar-refractivity contribution in [1.82, 2.24) is 4.90 Å². The molecule has 0 spiro atoms. The molecule has 0 fully saturated rings. The highest BCUT2D eigenvalue weighted by Gasteiger charge is 2.29. The Morgan fingerprint density at radius 2 is 1.91 bits per heavy atom. The summed E-state index contributed by atoms with van der Waals surface area (Å²) in [6, 6.07) is 10.0. The molecule has 2 aromatic rings. The van der Waals surface area contributed by atoms with Gasteiger partial charge in [0.2, 0.25) is 0 Å². The maximum absolute atomic E-state index is 12.1. The van der Waals surface area contributed by atoms with Crippen molar-refractivity contribution in [3.05, 3.63) is 57.6 Å². The normalized spacial score (nSPS) is 13.2. The minimum absolute atomic E-state index is 0.0326. The lowest BCUT2D eigenvalue weighted by atomic mass is 9.95. The van der Waals surface area contributed by atoms with E-state index in [9.17, 15) is 14.9 Å². The van der Waals surface area contributed by atoms with Gasteiger partial charge in [0.15, 0.2) is 0 Å². The van der Waals surface area contributed by atoms with Crippen molar-refractivity contribution in [2.45, 2.75) is 6.54 Å². The summed E-state index contributed by atoms with van der Waals surface area (Å²) in [6.07, 6.45) is 0. The van der Waals surface area contributed by atoms with E-state index < -0.39 is 4.92 Å². The lowest BCUT2D eigenvalue weighted by molar-refractivity contribution is -0.384. The monoisotopic (exact) mass is 298 g/mol. The standard InChI is InChI=1S/C16H14N2O4/c1-17-9-14-11(4-3-5-13(14)16(17)19)12-7-6-10(22-2)8-15(12)18(20)21/h3-8H,9H2,1-2H3. The van der Waals surface area contributed by atoms with E-state index in [2.05, 4.69) is 0 Å². The molecule has 6 nitrogen and oxygen atoms in total. The number of ether oxygens (including phenoxy) is 1. The van der Waals surface area contributed by atoms with Crippen LogP contribution in [0, 0.1) is 10.1 Å². The third kappa shape index (κ3) is 2.09. The maximum atomic E-state index is 12.1. The van der Waals surface area contributed by atoms with Crippen LogP contribution in [0.25, 0.3) is 11.1 Å². The Labute approximate surface area is 127 Å². The first-order valence-corrected chi connectivity index (χ1v) is 6.73. The summed E-state index contributed by atoms with van der Waals surface area (Å²) in [5, 5.41) is 11.4. The molecular weight excluding hydrogens is 284 g/mol. The van der Waals surface area contributed by atoms with Crippen LogP contribution in [0.4, 0.5) is 5.69 Å². The van der Waals surface area contributed by atoms with Crippen LogP contribution in [-0.2, 0) is 6.54 Å².